The van der Waals surface area contributed by atoms with E-state index in [4.69, 9.17) is 4.74 Å². The standard InChI is InChI=1S/C17H20N2O2/c1-17(2,13-21-12-14-6-4-3-5-7-14)19-16(20)15-8-10-18-11-9-15/h3-11H,12-13H2,1-2H3,(H,19,20). The Labute approximate surface area is 125 Å². The fraction of sp³-hybridized carbons (Fsp3) is 0.294. The van der Waals surface area contributed by atoms with Gasteiger partial charge < -0.3 is 10.1 Å². The molecule has 4 nitrogen and oxygen atoms in total. The van der Waals surface area contributed by atoms with Gasteiger partial charge in [-0.1, -0.05) is 30.3 Å². The monoisotopic (exact) mass is 284 g/mol. The summed E-state index contributed by atoms with van der Waals surface area (Å²) in [5.74, 6) is -0.120. The zero-order chi connectivity index (χ0) is 15.1. The molecule has 2 rings (SSSR count). The minimum Gasteiger partial charge on any atom is -0.374 e. The van der Waals surface area contributed by atoms with Crippen LogP contribution in [0.3, 0.4) is 0 Å². The molecule has 0 bridgehead atoms. The number of benzene rings is 1. The van der Waals surface area contributed by atoms with Gasteiger partial charge in [0.2, 0.25) is 0 Å². The number of nitrogens with one attached hydrogen (secondary N) is 1. The first-order valence-corrected chi connectivity index (χ1v) is 6.91. The average molecular weight is 284 g/mol. The summed E-state index contributed by atoms with van der Waals surface area (Å²) in [7, 11) is 0. The highest BCUT2D eigenvalue weighted by Crippen LogP contribution is 2.08. The normalized spacial score (nSPS) is 11.1. The highest BCUT2D eigenvalue weighted by Gasteiger charge is 2.21. The van der Waals surface area contributed by atoms with Gasteiger partial charge in [0.05, 0.1) is 18.8 Å². The van der Waals surface area contributed by atoms with Gasteiger partial charge in [0.25, 0.3) is 5.91 Å². The van der Waals surface area contributed by atoms with E-state index in [1.165, 1.54) is 0 Å². The Morgan fingerprint density at radius 1 is 1.14 bits per heavy atom. The number of amides is 1. The Kier molecular flexibility index (Phi) is 5.06. The molecule has 0 aliphatic carbocycles. The van der Waals surface area contributed by atoms with Crippen molar-refractivity contribution in [1.82, 2.24) is 10.3 Å². The second-order valence-corrected chi connectivity index (χ2v) is 5.55. The first kappa shape index (κ1) is 15.2. The van der Waals surface area contributed by atoms with E-state index in [1.54, 1.807) is 24.5 Å². The minimum absolute atomic E-state index is 0.120. The van der Waals surface area contributed by atoms with E-state index < -0.39 is 5.54 Å². The van der Waals surface area contributed by atoms with E-state index in [1.807, 2.05) is 44.2 Å². The number of pyridine rings is 1. The van der Waals surface area contributed by atoms with Crippen LogP contribution >= 0.6 is 0 Å². The molecule has 0 saturated carbocycles. The Morgan fingerprint density at radius 3 is 2.48 bits per heavy atom. The van der Waals surface area contributed by atoms with E-state index in [0.717, 1.165) is 5.56 Å². The molecule has 110 valence electrons. The van der Waals surface area contributed by atoms with E-state index in [-0.39, 0.29) is 5.91 Å². The predicted octanol–water partition coefficient (Wildman–Crippen LogP) is 2.81. The molecule has 1 amide bonds. The summed E-state index contributed by atoms with van der Waals surface area (Å²) in [4.78, 5) is 16.0. The Balaban J connectivity index is 1.83. The van der Waals surface area contributed by atoms with Gasteiger partial charge in [0.1, 0.15) is 0 Å². The summed E-state index contributed by atoms with van der Waals surface area (Å²) >= 11 is 0. The van der Waals surface area contributed by atoms with Gasteiger partial charge in [-0.05, 0) is 31.5 Å². The number of carbonyl (C=O) groups excluding carboxylic acids is 1. The molecule has 2 aromatic rings. The van der Waals surface area contributed by atoms with E-state index in [2.05, 4.69) is 10.3 Å². The van der Waals surface area contributed by atoms with Crippen molar-refractivity contribution in [3.05, 3.63) is 66.0 Å². The molecule has 0 radical (unpaired) electrons. The van der Waals surface area contributed by atoms with Gasteiger partial charge in [-0.15, -0.1) is 0 Å². The van der Waals surface area contributed by atoms with Crippen LogP contribution in [0.1, 0.15) is 29.8 Å². The third kappa shape index (κ3) is 5.00. The van der Waals surface area contributed by atoms with Gasteiger partial charge in [0, 0.05) is 18.0 Å². The number of nitrogens with zero attached hydrogens (tertiary/aromatic N) is 1. The summed E-state index contributed by atoms with van der Waals surface area (Å²) in [6, 6.07) is 13.4. The Hall–Kier alpha value is -2.20. The third-order valence-electron chi connectivity index (χ3n) is 2.97. The maximum Gasteiger partial charge on any atom is 0.251 e. The van der Waals surface area contributed by atoms with Crippen LogP contribution in [0.2, 0.25) is 0 Å². The molecule has 1 aromatic carbocycles. The second-order valence-electron chi connectivity index (χ2n) is 5.55. The van der Waals surface area contributed by atoms with Crippen molar-refractivity contribution < 1.29 is 9.53 Å². The molecule has 0 unspecified atom stereocenters. The number of hydrogen-bond donors (Lipinski definition) is 1. The fourth-order valence-electron chi connectivity index (χ4n) is 1.92. The molecule has 0 spiro atoms. The van der Waals surface area contributed by atoms with Crippen molar-refractivity contribution in [2.45, 2.75) is 26.0 Å². The molecule has 0 fully saturated rings. The van der Waals surface area contributed by atoms with Gasteiger partial charge in [-0.25, -0.2) is 0 Å². The van der Waals surface area contributed by atoms with Crippen molar-refractivity contribution in [3.63, 3.8) is 0 Å². The SMILES string of the molecule is CC(C)(COCc1ccccc1)NC(=O)c1ccncc1. The molecule has 21 heavy (non-hydrogen) atoms. The minimum atomic E-state index is -0.435. The lowest BCUT2D eigenvalue weighted by Gasteiger charge is -2.26. The van der Waals surface area contributed by atoms with Crippen LogP contribution in [0.5, 0.6) is 0 Å². The number of rotatable bonds is 6. The average Bonchev–Trinajstić information content (AvgIpc) is 2.48. The predicted molar refractivity (Wildman–Crippen MR) is 81.9 cm³/mol. The van der Waals surface area contributed by atoms with E-state index >= 15 is 0 Å². The van der Waals surface area contributed by atoms with Gasteiger partial charge in [0.15, 0.2) is 0 Å². The maximum absolute atomic E-state index is 12.1. The molecule has 0 atom stereocenters. The lowest BCUT2D eigenvalue weighted by atomic mass is 10.1. The summed E-state index contributed by atoms with van der Waals surface area (Å²) in [6.45, 7) is 4.86. The number of aromatic nitrogens is 1. The smallest absolute Gasteiger partial charge is 0.251 e. The molecule has 0 saturated heterocycles. The van der Waals surface area contributed by atoms with Crippen LogP contribution in [-0.2, 0) is 11.3 Å². The first-order chi connectivity index (χ1) is 10.1. The number of ether oxygens (including phenoxy) is 1. The van der Waals surface area contributed by atoms with Crippen LogP contribution in [-0.4, -0.2) is 23.0 Å². The highest BCUT2D eigenvalue weighted by atomic mass is 16.5. The molecule has 0 aliphatic rings. The van der Waals surface area contributed by atoms with Crippen LogP contribution in [0.25, 0.3) is 0 Å². The lowest BCUT2D eigenvalue weighted by Crippen LogP contribution is -2.47. The maximum atomic E-state index is 12.1. The molecule has 4 heteroatoms. The molecular weight excluding hydrogens is 264 g/mol. The van der Waals surface area contributed by atoms with Crippen LogP contribution in [0.15, 0.2) is 54.9 Å². The first-order valence-electron chi connectivity index (χ1n) is 6.91. The molecule has 0 aliphatic heterocycles. The summed E-state index contributed by atoms with van der Waals surface area (Å²) in [5, 5.41) is 2.97. The highest BCUT2D eigenvalue weighted by molar-refractivity contribution is 5.94. The largest absolute Gasteiger partial charge is 0.374 e. The fourth-order valence-corrected chi connectivity index (χ4v) is 1.92. The van der Waals surface area contributed by atoms with Crippen molar-refractivity contribution in [3.8, 4) is 0 Å². The van der Waals surface area contributed by atoms with Gasteiger partial charge in [-0.3, -0.25) is 9.78 Å². The summed E-state index contributed by atoms with van der Waals surface area (Å²) in [5.41, 5.74) is 1.28. The molecule has 1 heterocycles. The van der Waals surface area contributed by atoms with Crippen LogP contribution in [0.4, 0.5) is 0 Å². The molecular formula is C17H20N2O2. The number of hydrogen-bond acceptors (Lipinski definition) is 3. The van der Waals surface area contributed by atoms with Crippen molar-refractivity contribution >= 4 is 5.91 Å². The van der Waals surface area contributed by atoms with E-state index in [9.17, 15) is 4.79 Å². The van der Waals surface area contributed by atoms with E-state index in [0.29, 0.717) is 18.8 Å². The second kappa shape index (κ2) is 6.99. The summed E-state index contributed by atoms with van der Waals surface area (Å²) < 4.78 is 5.69. The third-order valence-corrected chi connectivity index (χ3v) is 2.97. The summed E-state index contributed by atoms with van der Waals surface area (Å²) in [6.07, 6.45) is 3.21. The van der Waals surface area contributed by atoms with Gasteiger partial charge >= 0.3 is 0 Å². The number of carbonyl (C=O) groups is 1. The van der Waals surface area contributed by atoms with Crippen LogP contribution < -0.4 is 5.32 Å². The Morgan fingerprint density at radius 2 is 1.81 bits per heavy atom. The van der Waals surface area contributed by atoms with Crippen molar-refractivity contribution in [2.24, 2.45) is 0 Å². The quantitative estimate of drug-likeness (QED) is 0.887. The topological polar surface area (TPSA) is 51.2 Å². The zero-order valence-electron chi connectivity index (χ0n) is 12.4. The van der Waals surface area contributed by atoms with Crippen molar-refractivity contribution in [2.75, 3.05) is 6.61 Å². The van der Waals surface area contributed by atoms with Gasteiger partial charge in [-0.2, -0.15) is 0 Å². The Bertz CT molecular complexity index is 568. The molecule has 1 N–H and O–H groups in total. The lowest BCUT2D eigenvalue weighted by molar-refractivity contribution is 0.0617. The molecule has 1 aromatic heterocycles. The van der Waals surface area contributed by atoms with Crippen molar-refractivity contribution in [1.29, 1.82) is 0 Å². The van der Waals surface area contributed by atoms with Crippen LogP contribution in [0, 0.1) is 0 Å². The zero-order valence-corrected chi connectivity index (χ0v) is 12.4.